The van der Waals surface area contributed by atoms with Gasteiger partial charge in [0.1, 0.15) is 11.5 Å². The Balaban J connectivity index is 2.72. The van der Waals surface area contributed by atoms with Gasteiger partial charge in [0.15, 0.2) is 0 Å². The van der Waals surface area contributed by atoms with E-state index in [2.05, 4.69) is 15.9 Å². The largest absolute Gasteiger partial charge is 0.496 e. The fourth-order valence-corrected chi connectivity index (χ4v) is 3.20. The monoisotopic (exact) mass is 436 g/mol. The molecule has 0 saturated carbocycles. The van der Waals surface area contributed by atoms with E-state index in [9.17, 15) is 9.59 Å². The zero-order chi connectivity index (χ0) is 20.0. The summed E-state index contributed by atoms with van der Waals surface area (Å²) in [6, 6.07) is 11.8. The van der Waals surface area contributed by atoms with Gasteiger partial charge in [0.25, 0.3) is 0 Å². The van der Waals surface area contributed by atoms with Crippen LogP contribution in [0, 0.1) is 0 Å². The van der Waals surface area contributed by atoms with E-state index in [1.54, 1.807) is 49.4 Å². The number of carbonyl (C=O) groups is 2. The highest BCUT2D eigenvalue weighted by molar-refractivity contribution is 9.10. The summed E-state index contributed by atoms with van der Waals surface area (Å²) in [5.74, 6) is -0.190. The van der Waals surface area contributed by atoms with Gasteiger partial charge < -0.3 is 18.9 Å². The van der Waals surface area contributed by atoms with E-state index in [0.717, 1.165) is 4.47 Å². The molecule has 0 aliphatic rings. The number of hydrogen-bond donors (Lipinski definition) is 0. The van der Waals surface area contributed by atoms with Gasteiger partial charge in [-0.2, -0.15) is 0 Å². The molecule has 7 heteroatoms. The number of carbonyl (C=O) groups excluding carboxylic acids is 2. The molecule has 0 bridgehead atoms. The zero-order valence-electron chi connectivity index (χ0n) is 15.6. The Morgan fingerprint density at radius 3 is 2.26 bits per heavy atom. The van der Waals surface area contributed by atoms with Crippen LogP contribution in [0.3, 0.4) is 0 Å². The molecule has 1 atom stereocenters. The summed E-state index contributed by atoms with van der Waals surface area (Å²) in [7, 11) is 2.82. The number of ether oxygens (including phenoxy) is 4. The van der Waals surface area contributed by atoms with Crippen molar-refractivity contribution in [1.82, 2.24) is 0 Å². The summed E-state index contributed by atoms with van der Waals surface area (Å²) in [4.78, 5) is 24.1. The van der Waals surface area contributed by atoms with E-state index in [4.69, 9.17) is 18.9 Å². The van der Waals surface area contributed by atoms with Crippen LogP contribution in [0.5, 0.6) is 11.5 Å². The molecule has 144 valence electrons. The second-order valence-corrected chi connectivity index (χ2v) is 6.48. The normalized spacial score (nSPS) is 12.8. The number of methoxy groups -OCH3 is 2. The van der Waals surface area contributed by atoms with Crippen LogP contribution in [0.2, 0.25) is 0 Å². The SMILES string of the molecule is CCOC(C(=O)OC)(c1ccc(OC(C)=O)cc1)c1cc(Br)ccc1OC. The average molecular weight is 437 g/mol. The van der Waals surface area contributed by atoms with Crippen molar-refractivity contribution in [3.05, 3.63) is 58.1 Å². The molecule has 1 unspecified atom stereocenters. The summed E-state index contributed by atoms with van der Waals surface area (Å²) in [5, 5.41) is 0. The third-order valence-corrected chi connectivity index (χ3v) is 4.39. The minimum absolute atomic E-state index is 0.246. The number of benzene rings is 2. The summed E-state index contributed by atoms with van der Waals surface area (Å²) < 4.78 is 22.4. The van der Waals surface area contributed by atoms with E-state index in [1.165, 1.54) is 21.1 Å². The van der Waals surface area contributed by atoms with Crippen LogP contribution in [0.4, 0.5) is 0 Å². The van der Waals surface area contributed by atoms with Crippen molar-refractivity contribution in [2.45, 2.75) is 19.4 Å². The second kappa shape index (κ2) is 9.01. The maximum Gasteiger partial charge on any atom is 0.347 e. The Bertz CT molecular complexity index is 818. The summed E-state index contributed by atoms with van der Waals surface area (Å²) >= 11 is 3.43. The minimum atomic E-state index is -1.55. The second-order valence-electron chi connectivity index (χ2n) is 5.57. The molecular formula is C20H21BrO6. The van der Waals surface area contributed by atoms with Crippen molar-refractivity contribution < 1.29 is 28.5 Å². The average Bonchev–Trinajstić information content (AvgIpc) is 2.65. The first kappa shape index (κ1) is 20.9. The van der Waals surface area contributed by atoms with Crippen molar-refractivity contribution in [1.29, 1.82) is 0 Å². The summed E-state index contributed by atoms with van der Waals surface area (Å²) in [6.45, 7) is 3.35. The Morgan fingerprint density at radius 1 is 1.07 bits per heavy atom. The lowest BCUT2D eigenvalue weighted by molar-refractivity contribution is -0.165. The molecule has 0 spiro atoms. The van der Waals surface area contributed by atoms with Crippen molar-refractivity contribution in [2.75, 3.05) is 20.8 Å². The molecule has 0 aromatic heterocycles. The molecule has 27 heavy (non-hydrogen) atoms. The first-order valence-corrected chi connectivity index (χ1v) is 9.03. The van der Waals surface area contributed by atoms with Gasteiger partial charge in [-0.15, -0.1) is 0 Å². The maximum absolute atomic E-state index is 13.0. The lowest BCUT2D eigenvalue weighted by Crippen LogP contribution is -2.41. The van der Waals surface area contributed by atoms with Gasteiger partial charge in [-0.1, -0.05) is 28.1 Å². The van der Waals surface area contributed by atoms with Crippen molar-refractivity contribution in [3.63, 3.8) is 0 Å². The topological polar surface area (TPSA) is 71.1 Å². The molecule has 0 fully saturated rings. The molecule has 0 N–H and O–H groups in total. The molecule has 0 aliphatic heterocycles. The van der Waals surface area contributed by atoms with Crippen molar-refractivity contribution >= 4 is 27.9 Å². The molecule has 0 radical (unpaired) electrons. The fourth-order valence-electron chi connectivity index (χ4n) is 2.84. The lowest BCUT2D eigenvalue weighted by Gasteiger charge is -2.33. The van der Waals surface area contributed by atoms with Crippen LogP contribution in [-0.4, -0.2) is 32.8 Å². The molecule has 0 saturated heterocycles. The molecule has 2 rings (SSSR count). The van der Waals surface area contributed by atoms with E-state index in [0.29, 0.717) is 22.6 Å². The van der Waals surface area contributed by atoms with Gasteiger partial charge in [-0.3, -0.25) is 4.79 Å². The molecular weight excluding hydrogens is 416 g/mol. The quantitative estimate of drug-likeness (QED) is 0.484. The Hall–Kier alpha value is -2.38. The van der Waals surface area contributed by atoms with E-state index < -0.39 is 17.5 Å². The van der Waals surface area contributed by atoms with Crippen LogP contribution >= 0.6 is 15.9 Å². The van der Waals surface area contributed by atoms with Crippen LogP contribution < -0.4 is 9.47 Å². The zero-order valence-corrected chi connectivity index (χ0v) is 17.2. The molecule has 6 nitrogen and oxygen atoms in total. The first-order valence-electron chi connectivity index (χ1n) is 8.24. The standard InChI is InChI=1S/C20H21BrO6/c1-5-26-20(19(23)25-4,17-12-15(21)8-11-18(17)24-3)14-6-9-16(10-7-14)27-13(2)22/h6-12H,5H2,1-4H3. The third-order valence-electron chi connectivity index (χ3n) is 3.90. The van der Waals surface area contributed by atoms with E-state index in [-0.39, 0.29) is 6.61 Å². The molecule has 0 amide bonds. The van der Waals surface area contributed by atoms with Crippen molar-refractivity contribution in [3.8, 4) is 11.5 Å². The smallest absolute Gasteiger partial charge is 0.347 e. The van der Waals surface area contributed by atoms with Gasteiger partial charge >= 0.3 is 11.9 Å². The molecule has 0 aliphatic carbocycles. The van der Waals surface area contributed by atoms with Crippen LogP contribution in [0.15, 0.2) is 46.9 Å². The predicted molar refractivity (Wildman–Crippen MR) is 103 cm³/mol. The highest BCUT2D eigenvalue weighted by Gasteiger charge is 2.46. The van der Waals surface area contributed by atoms with E-state index >= 15 is 0 Å². The Labute approximate surface area is 166 Å². The number of esters is 2. The van der Waals surface area contributed by atoms with Gasteiger partial charge in [-0.05, 0) is 37.3 Å². The molecule has 0 heterocycles. The summed E-state index contributed by atoms with van der Waals surface area (Å²) in [6.07, 6.45) is 0. The van der Waals surface area contributed by atoms with E-state index in [1.807, 2.05) is 0 Å². The van der Waals surface area contributed by atoms with Crippen molar-refractivity contribution in [2.24, 2.45) is 0 Å². The van der Waals surface area contributed by atoms with Gasteiger partial charge in [0.2, 0.25) is 5.60 Å². The Morgan fingerprint density at radius 2 is 1.74 bits per heavy atom. The third kappa shape index (κ3) is 4.31. The van der Waals surface area contributed by atoms with Crippen LogP contribution in [-0.2, 0) is 24.7 Å². The molecule has 2 aromatic rings. The Kier molecular flexibility index (Phi) is 6.98. The summed E-state index contributed by atoms with van der Waals surface area (Å²) in [5.41, 5.74) is -0.537. The van der Waals surface area contributed by atoms with Gasteiger partial charge in [0, 0.05) is 29.1 Å². The fraction of sp³-hybridized carbons (Fsp3) is 0.300. The number of rotatable bonds is 7. The maximum atomic E-state index is 13.0. The predicted octanol–water partition coefficient (Wildman–Crippen LogP) is 3.84. The first-order chi connectivity index (χ1) is 12.9. The van der Waals surface area contributed by atoms with Gasteiger partial charge in [0.05, 0.1) is 14.2 Å². The molecule has 2 aromatic carbocycles. The lowest BCUT2D eigenvalue weighted by atomic mass is 9.85. The minimum Gasteiger partial charge on any atom is -0.496 e. The van der Waals surface area contributed by atoms with Crippen LogP contribution in [0.25, 0.3) is 0 Å². The number of hydrogen-bond acceptors (Lipinski definition) is 6. The van der Waals surface area contributed by atoms with Gasteiger partial charge in [-0.25, -0.2) is 4.79 Å². The number of halogens is 1. The highest BCUT2D eigenvalue weighted by atomic mass is 79.9. The highest BCUT2D eigenvalue weighted by Crippen LogP contribution is 2.42. The van der Waals surface area contributed by atoms with Crippen LogP contribution in [0.1, 0.15) is 25.0 Å².